The van der Waals surface area contributed by atoms with Gasteiger partial charge in [-0.1, -0.05) is 0 Å². The molecule has 0 bridgehead atoms. The van der Waals surface area contributed by atoms with E-state index in [9.17, 15) is 4.79 Å². The average Bonchev–Trinajstić information content (AvgIpc) is 2.64. The van der Waals surface area contributed by atoms with E-state index in [2.05, 4.69) is 15.1 Å². The number of H-pyrrole nitrogens is 1. The Morgan fingerprint density at radius 3 is 3.00 bits per heavy atom. The predicted molar refractivity (Wildman–Crippen MR) is 57.8 cm³/mol. The summed E-state index contributed by atoms with van der Waals surface area (Å²) in [5, 5.41) is 4.03. The van der Waals surface area contributed by atoms with E-state index >= 15 is 0 Å². The maximum atomic E-state index is 11.4. The monoisotopic (exact) mass is 220 g/mol. The van der Waals surface area contributed by atoms with Gasteiger partial charge in [-0.3, -0.25) is 9.48 Å². The van der Waals surface area contributed by atoms with Crippen LogP contribution < -0.4 is 5.56 Å². The molecule has 0 aliphatic rings. The van der Waals surface area contributed by atoms with Crippen molar-refractivity contribution in [2.24, 2.45) is 7.05 Å². The number of hydrogen-bond donors (Lipinski definition) is 1. The minimum Gasteiger partial charge on any atom is -0.377 e. The molecule has 0 saturated carbocycles. The summed E-state index contributed by atoms with van der Waals surface area (Å²) < 4.78 is 6.59. The highest BCUT2D eigenvalue weighted by atomic mass is 16.5. The Morgan fingerprint density at radius 1 is 1.56 bits per heavy atom. The second-order valence-electron chi connectivity index (χ2n) is 3.41. The molecule has 0 aliphatic heterocycles. The van der Waals surface area contributed by atoms with Crippen molar-refractivity contribution < 1.29 is 4.74 Å². The molecule has 2 aromatic heterocycles. The summed E-state index contributed by atoms with van der Waals surface area (Å²) in [4.78, 5) is 18.3. The van der Waals surface area contributed by atoms with Crippen molar-refractivity contribution in [3.8, 4) is 11.3 Å². The van der Waals surface area contributed by atoms with Crippen molar-refractivity contribution in [2.75, 3.05) is 7.11 Å². The van der Waals surface area contributed by atoms with Crippen LogP contribution in [0.4, 0.5) is 0 Å². The Bertz CT molecular complexity index is 544. The van der Waals surface area contributed by atoms with Crippen LogP contribution in [0.15, 0.2) is 23.3 Å². The molecule has 6 heteroatoms. The van der Waals surface area contributed by atoms with E-state index in [1.165, 1.54) is 6.07 Å². The molecule has 2 heterocycles. The van der Waals surface area contributed by atoms with Crippen LogP contribution in [0.2, 0.25) is 0 Å². The lowest BCUT2D eigenvalue weighted by Gasteiger charge is -2.01. The molecule has 0 saturated heterocycles. The van der Waals surface area contributed by atoms with Crippen LogP contribution in [0.25, 0.3) is 11.3 Å². The predicted octanol–water partition coefficient (Wildman–Crippen LogP) is 0.317. The standard InChI is InChI=1S/C10H12N4O2/c1-14-5-7(4-11-14)8-3-10(15)13-9(12-8)6-16-2/h3-5H,6H2,1-2H3,(H,12,13,15). The summed E-state index contributed by atoms with van der Waals surface area (Å²) in [6, 6.07) is 1.44. The molecule has 0 aromatic carbocycles. The van der Waals surface area contributed by atoms with Gasteiger partial charge in [0.2, 0.25) is 0 Å². The van der Waals surface area contributed by atoms with E-state index in [1.807, 2.05) is 7.05 Å². The molecular weight excluding hydrogens is 208 g/mol. The minimum absolute atomic E-state index is 0.194. The Kier molecular flexibility index (Phi) is 2.82. The van der Waals surface area contributed by atoms with E-state index in [0.29, 0.717) is 11.5 Å². The summed E-state index contributed by atoms with van der Waals surface area (Å²) in [5.41, 5.74) is 1.22. The highest BCUT2D eigenvalue weighted by Crippen LogP contribution is 2.13. The molecule has 6 nitrogen and oxygen atoms in total. The molecule has 2 rings (SSSR count). The van der Waals surface area contributed by atoms with Gasteiger partial charge in [0, 0.05) is 32.0 Å². The summed E-state index contributed by atoms with van der Waals surface area (Å²) in [7, 11) is 3.36. The highest BCUT2D eigenvalue weighted by molar-refractivity contribution is 5.56. The largest absolute Gasteiger partial charge is 0.377 e. The van der Waals surface area contributed by atoms with Gasteiger partial charge >= 0.3 is 0 Å². The number of hydrogen-bond acceptors (Lipinski definition) is 4. The smallest absolute Gasteiger partial charge is 0.251 e. The van der Waals surface area contributed by atoms with Crippen molar-refractivity contribution in [3.63, 3.8) is 0 Å². The fourth-order valence-corrected chi connectivity index (χ4v) is 1.41. The third-order valence-electron chi connectivity index (χ3n) is 2.07. The lowest BCUT2D eigenvalue weighted by molar-refractivity contribution is 0.177. The van der Waals surface area contributed by atoms with E-state index < -0.39 is 0 Å². The van der Waals surface area contributed by atoms with Gasteiger partial charge in [-0.25, -0.2) is 4.98 Å². The van der Waals surface area contributed by atoms with Crippen molar-refractivity contribution in [1.82, 2.24) is 19.7 Å². The van der Waals surface area contributed by atoms with Crippen molar-refractivity contribution in [2.45, 2.75) is 6.61 Å². The first kappa shape index (κ1) is 10.6. The second-order valence-corrected chi connectivity index (χ2v) is 3.41. The summed E-state index contributed by atoms with van der Waals surface area (Å²) in [6.07, 6.45) is 3.47. The number of rotatable bonds is 3. The van der Waals surface area contributed by atoms with E-state index in [0.717, 1.165) is 5.56 Å². The summed E-state index contributed by atoms with van der Waals surface area (Å²) >= 11 is 0. The number of methoxy groups -OCH3 is 1. The number of nitrogens with zero attached hydrogens (tertiary/aromatic N) is 3. The molecule has 2 aromatic rings. The first-order valence-corrected chi connectivity index (χ1v) is 4.77. The van der Waals surface area contributed by atoms with Gasteiger partial charge in [-0.2, -0.15) is 5.10 Å². The molecule has 0 unspecified atom stereocenters. The molecule has 0 amide bonds. The number of aromatic amines is 1. The van der Waals surface area contributed by atoms with Crippen molar-refractivity contribution >= 4 is 0 Å². The summed E-state index contributed by atoms with van der Waals surface area (Å²) in [5.74, 6) is 0.508. The SMILES string of the molecule is COCc1nc(-c2cnn(C)c2)cc(=O)[nH]1. The topological polar surface area (TPSA) is 72.8 Å². The first-order chi connectivity index (χ1) is 7.69. The number of ether oxygens (including phenoxy) is 1. The molecule has 1 N–H and O–H groups in total. The lowest BCUT2D eigenvalue weighted by atomic mass is 10.2. The molecule has 0 atom stereocenters. The highest BCUT2D eigenvalue weighted by Gasteiger charge is 2.05. The number of aromatic nitrogens is 4. The summed E-state index contributed by atoms with van der Waals surface area (Å²) in [6.45, 7) is 0.281. The van der Waals surface area contributed by atoms with Crippen LogP contribution in [0, 0.1) is 0 Å². The first-order valence-electron chi connectivity index (χ1n) is 4.77. The Balaban J connectivity index is 2.44. The van der Waals surface area contributed by atoms with Crippen molar-refractivity contribution in [1.29, 1.82) is 0 Å². The van der Waals surface area contributed by atoms with Gasteiger partial charge in [-0.05, 0) is 0 Å². The molecule has 0 radical (unpaired) electrons. The van der Waals surface area contributed by atoms with Gasteiger partial charge in [0.05, 0.1) is 11.9 Å². The third kappa shape index (κ3) is 2.17. The number of aryl methyl sites for hydroxylation is 1. The van der Waals surface area contributed by atoms with Crippen molar-refractivity contribution in [3.05, 3.63) is 34.6 Å². The van der Waals surface area contributed by atoms with Crippen LogP contribution in [-0.4, -0.2) is 26.9 Å². The zero-order valence-electron chi connectivity index (χ0n) is 9.10. The van der Waals surface area contributed by atoms with Crippen LogP contribution in [0.5, 0.6) is 0 Å². The Labute approximate surface area is 91.9 Å². The number of nitrogens with one attached hydrogen (secondary N) is 1. The van der Waals surface area contributed by atoms with Gasteiger partial charge in [0.15, 0.2) is 0 Å². The lowest BCUT2D eigenvalue weighted by Crippen LogP contribution is -2.11. The normalized spacial score (nSPS) is 10.6. The van der Waals surface area contributed by atoms with Gasteiger partial charge < -0.3 is 9.72 Å². The zero-order chi connectivity index (χ0) is 11.5. The second kappa shape index (κ2) is 4.28. The fourth-order valence-electron chi connectivity index (χ4n) is 1.41. The molecule has 0 spiro atoms. The Hall–Kier alpha value is -1.95. The zero-order valence-corrected chi connectivity index (χ0v) is 9.10. The Morgan fingerprint density at radius 2 is 2.38 bits per heavy atom. The third-order valence-corrected chi connectivity index (χ3v) is 2.07. The van der Waals surface area contributed by atoms with E-state index in [4.69, 9.17) is 4.74 Å². The molecule has 0 fully saturated rings. The molecule has 0 aliphatic carbocycles. The van der Waals surface area contributed by atoms with Crippen LogP contribution in [0.3, 0.4) is 0 Å². The quantitative estimate of drug-likeness (QED) is 0.808. The average molecular weight is 220 g/mol. The van der Waals surface area contributed by atoms with Gasteiger partial charge in [0.25, 0.3) is 5.56 Å². The van der Waals surface area contributed by atoms with E-state index in [1.54, 1.807) is 24.2 Å². The van der Waals surface area contributed by atoms with Crippen LogP contribution in [0.1, 0.15) is 5.82 Å². The van der Waals surface area contributed by atoms with Crippen LogP contribution in [-0.2, 0) is 18.4 Å². The van der Waals surface area contributed by atoms with Crippen LogP contribution >= 0.6 is 0 Å². The van der Waals surface area contributed by atoms with Gasteiger partial charge in [-0.15, -0.1) is 0 Å². The fraction of sp³-hybridized carbons (Fsp3) is 0.300. The minimum atomic E-state index is -0.194. The van der Waals surface area contributed by atoms with E-state index in [-0.39, 0.29) is 12.2 Å². The molecule has 84 valence electrons. The maximum absolute atomic E-state index is 11.4. The molecular formula is C10H12N4O2. The van der Waals surface area contributed by atoms with Gasteiger partial charge in [0.1, 0.15) is 12.4 Å². The molecule has 16 heavy (non-hydrogen) atoms. The maximum Gasteiger partial charge on any atom is 0.251 e.